The highest BCUT2D eigenvalue weighted by Crippen LogP contribution is 2.26. The van der Waals surface area contributed by atoms with Crippen LogP contribution in [0.5, 0.6) is 0 Å². The van der Waals surface area contributed by atoms with E-state index in [1.165, 1.54) is 18.7 Å². The average Bonchev–Trinajstić information content (AvgIpc) is 2.36. The van der Waals surface area contributed by atoms with Gasteiger partial charge in [-0.2, -0.15) is 0 Å². The molecule has 1 aromatic rings. The molecular weight excluding hydrogens is 281 g/mol. The zero-order valence-electron chi connectivity index (χ0n) is 12.1. The summed E-state index contributed by atoms with van der Waals surface area (Å²) in [6.07, 6.45) is 0. The first-order valence-corrected chi connectivity index (χ1v) is 6.32. The molecule has 0 bridgehead atoms. The van der Waals surface area contributed by atoms with E-state index in [-0.39, 0.29) is 24.3 Å². The fourth-order valence-electron chi connectivity index (χ4n) is 1.87. The van der Waals surface area contributed by atoms with Gasteiger partial charge in [0.2, 0.25) is 0 Å². The van der Waals surface area contributed by atoms with Gasteiger partial charge in [-0.15, -0.1) is 0 Å². The van der Waals surface area contributed by atoms with Gasteiger partial charge in [-0.25, -0.2) is 4.39 Å². The number of rotatable bonds is 5. The molecule has 0 radical (unpaired) electrons. The molecule has 0 unspecified atom stereocenters. The number of benzene rings is 1. The summed E-state index contributed by atoms with van der Waals surface area (Å²) in [5.41, 5.74) is 2.92. The van der Waals surface area contributed by atoms with Crippen molar-refractivity contribution in [2.24, 2.45) is 0 Å². The van der Waals surface area contributed by atoms with Crippen LogP contribution in [-0.4, -0.2) is 39.5 Å². The molecule has 7 nitrogen and oxygen atoms in total. The molecule has 0 spiro atoms. The van der Waals surface area contributed by atoms with Gasteiger partial charge in [0.05, 0.1) is 22.3 Å². The lowest BCUT2D eigenvalue weighted by Gasteiger charge is -2.28. The molecule has 3 N–H and O–H groups in total. The Morgan fingerprint density at radius 1 is 1.52 bits per heavy atom. The molecule has 1 amide bonds. The minimum Gasteiger partial charge on any atom is -0.396 e. The molecule has 0 aliphatic heterocycles. The fraction of sp³-hybridized carbons (Fsp3) is 0.462. The number of aliphatic hydroxyl groups is 1. The van der Waals surface area contributed by atoms with E-state index in [1.807, 2.05) is 0 Å². The molecule has 0 aliphatic carbocycles. The molecule has 0 aliphatic rings. The van der Waals surface area contributed by atoms with Gasteiger partial charge in [0, 0.05) is 13.1 Å². The number of nitro benzene ring substituents is 1. The van der Waals surface area contributed by atoms with Gasteiger partial charge in [-0.3, -0.25) is 14.9 Å². The number of amides is 1. The molecule has 0 saturated heterocycles. The summed E-state index contributed by atoms with van der Waals surface area (Å²) in [6, 6.07) is 1.57. The van der Waals surface area contributed by atoms with Crippen molar-refractivity contribution in [1.29, 1.82) is 0 Å². The number of nitrogen functional groups attached to an aromatic ring is 1. The highest BCUT2D eigenvalue weighted by atomic mass is 19.1. The number of nitrogens with zero attached hydrogens (tertiary/aromatic N) is 2. The number of nitro groups is 1. The molecule has 1 aromatic carbocycles. The minimum atomic E-state index is -1.16. The second-order valence-electron chi connectivity index (χ2n) is 5.28. The van der Waals surface area contributed by atoms with Crippen LogP contribution in [0.25, 0.3) is 0 Å². The van der Waals surface area contributed by atoms with Crippen molar-refractivity contribution in [2.45, 2.75) is 26.4 Å². The summed E-state index contributed by atoms with van der Waals surface area (Å²) in [4.78, 5) is 23.7. The van der Waals surface area contributed by atoms with E-state index in [0.29, 0.717) is 6.07 Å². The van der Waals surface area contributed by atoms with Crippen molar-refractivity contribution in [3.05, 3.63) is 33.6 Å². The lowest BCUT2D eigenvalue weighted by molar-refractivity contribution is -0.385. The van der Waals surface area contributed by atoms with Crippen LogP contribution in [-0.2, 0) is 0 Å². The Morgan fingerprint density at radius 3 is 2.52 bits per heavy atom. The standard InChI is InChI=1S/C13H18FN3O4/c1-4-16(7-13(2,3)19)12(18)8-5-10(15)9(14)6-11(8)17(20)21/h5-6,19H,4,7,15H2,1-3H3. The monoisotopic (exact) mass is 299 g/mol. The van der Waals surface area contributed by atoms with Gasteiger partial charge in [-0.05, 0) is 26.8 Å². The number of anilines is 1. The van der Waals surface area contributed by atoms with E-state index < -0.39 is 27.9 Å². The normalized spacial score (nSPS) is 11.3. The first-order valence-electron chi connectivity index (χ1n) is 6.32. The van der Waals surface area contributed by atoms with Crippen molar-refractivity contribution in [1.82, 2.24) is 4.90 Å². The lowest BCUT2D eigenvalue weighted by Crippen LogP contribution is -2.42. The molecule has 0 saturated carbocycles. The van der Waals surface area contributed by atoms with Crippen molar-refractivity contribution in [3.63, 3.8) is 0 Å². The minimum absolute atomic E-state index is 0.0171. The van der Waals surface area contributed by atoms with E-state index in [4.69, 9.17) is 5.73 Å². The Labute approximate surface area is 121 Å². The summed E-state index contributed by atoms with van der Waals surface area (Å²) in [7, 11) is 0. The van der Waals surface area contributed by atoms with Crippen LogP contribution < -0.4 is 5.73 Å². The zero-order valence-corrected chi connectivity index (χ0v) is 12.1. The lowest BCUT2D eigenvalue weighted by atomic mass is 10.1. The topological polar surface area (TPSA) is 110 Å². The Balaban J connectivity index is 3.27. The highest BCUT2D eigenvalue weighted by Gasteiger charge is 2.28. The molecule has 1 rings (SSSR count). The number of hydrogen-bond acceptors (Lipinski definition) is 5. The number of nitrogens with two attached hydrogens (primary N) is 1. The van der Waals surface area contributed by atoms with Crippen molar-refractivity contribution in [2.75, 3.05) is 18.8 Å². The third kappa shape index (κ3) is 4.12. The summed E-state index contributed by atoms with van der Waals surface area (Å²) < 4.78 is 13.3. The maximum Gasteiger partial charge on any atom is 0.285 e. The van der Waals surface area contributed by atoms with E-state index in [1.54, 1.807) is 6.92 Å². The van der Waals surface area contributed by atoms with Crippen LogP contribution >= 0.6 is 0 Å². The number of hydrogen-bond donors (Lipinski definition) is 2. The Hall–Kier alpha value is -2.22. The number of carbonyl (C=O) groups excluding carboxylic acids is 1. The Bertz CT molecular complexity index is 569. The molecule has 21 heavy (non-hydrogen) atoms. The molecule has 0 fully saturated rings. The van der Waals surface area contributed by atoms with E-state index in [9.17, 15) is 24.4 Å². The Kier molecular flexibility index (Phi) is 4.84. The zero-order chi connectivity index (χ0) is 16.4. The number of carbonyl (C=O) groups is 1. The number of likely N-dealkylation sites (N-methyl/N-ethyl adjacent to an activating group) is 1. The van der Waals surface area contributed by atoms with Crippen molar-refractivity contribution in [3.8, 4) is 0 Å². The van der Waals surface area contributed by atoms with Crippen LogP contribution in [0.4, 0.5) is 15.8 Å². The van der Waals surface area contributed by atoms with Crippen molar-refractivity contribution < 1.29 is 19.2 Å². The van der Waals surface area contributed by atoms with Crippen LogP contribution in [0.3, 0.4) is 0 Å². The highest BCUT2D eigenvalue weighted by molar-refractivity contribution is 5.99. The predicted molar refractivity (Wildman–Crippen MR) is 75.3 cm³/mol. The van der Waals surface area contributed by atoms with Gasteiger partial charge in [0.15, 0.2) is 5.82 Å². The number of halogens is 1. The second-order valence-corrected chi connectivity index (χ2v) is 5.28. The van der Waals surface area contributed by atoms with Crippen LogP contribution in [0.1, 0.15) is 31.1 Å². The maximum atomic E-state index is 13.3. The van der Waals surface area contributed by atoms with Crippen LogP contribution in [0, 0.1) is 15.9 Å². The Morgan fingerprint density at radius 2 is 2.10 bits per heavy atom. The van der Waals surface area contributed by atoms with Gasteiger partial charge >= 0.3 is 0 Å². The van der Waals surface area contributed by atoms with E-state index >= 15 is 0 Å². The largest absolute Gasteiger partial charge is 0.396 e. The molecule has 8 heteroatoms. The summed E-state index contributed by atoms with van der Waals surface area (Å²) in [5.74, 6) is -1.64. The SMILES string of the molecule is CCN(CC(C)(C)O)C(=O)c1cc(N)c(F)cc1[N+](=O)[O-]. The second kappa shape index (κ2) is 6.04. The van der Waals surface area contributed by atoms with Crippen LogP contribution in [0.2, 0.25) is 0 Å². The fourth-order valence-corrected chi connectivity index (χ4v) is 1.87. The van der Waals surface area contributed by atoms with E-state index in [2.05, 4.69) is 0 Å². The van der Waals surface area contributed by atoms with Gasteiger partial charge in [0.1, 0.15) is 5.56 Å². The first kappa shape index (κ1) is 16.8. The summed E-state index contributed by atoms with van der Waals surface area (Å²) in [6.45, 7) is 4.91. The van der Waals surface area contributed by atoms with Gasteiger partial charge in [-0.1, -0.05) is 0 Å². The molecule has 116 valence electrons. The van der Waals surface area contributed by atoms with Crippen molar-refractivity contribution >= 4 is 17.3 Å². The predicted octanol–water partition coefficient (Wildman–Crippen LogP) is 1.55. The molecule has 0 atom stereocenters. The smallest absolute Gasteiger partial charge is 0.285 e. The molecule has 0 heterocycles. The van der Waals surface area contributed by atoms with Crippen LogP contribution in [0.15, 0.2) is 12.1 Å². The third-order valence-corrected chi connectivity index (χ3v) is 2.79. The summed E-state index contributed by atoms with van der Waals surface area (Å²) >= 11 is 0. The summed E-state index contributed by atoms with van der Waals surface area (Å²) in [5, 5.41) is 20.7. The third-order valence-electron chi connectivity index (χ3n) is 2.79. The van der Waals surface area contributed by atoms with E-state index in [0.717, 1.165) is 6.07 Å². The first-order chi connectivity index (χ1) is 9.56. The maximum absolute atomic E-state index is 13.3. The van der Waals surface area contributed by atoms with Gasteiger partial charge in [0.25, 0.3) is 11.6 Å². The quantitative estimate of drug-likeness (QED) is 0.487. The molecule has 0 aromatic heterocycles. The average molecular weight is 299 g/mol. The molecular formula is C13H18FN3O4. The van der Waals surface area contributed by atoms with Gasteiger partial charge < -0.3 is 15.7 Å².